The van der Waals surface area contributed by atoms with Gasteiger partial charge in [-0.15, -0.1) is 6.58 Å². The number of amides is 2. The zero-order valence-corrected chi connectivity index (χ0v) is 28.5. The molecule has 9 nitrogen and oxygen atoms in total. The standard InChI is InChI=1S/C35H49IN2O7/c1-3-4-5-6-7-31(41)38(21-35-17-22-10-23(18-35)12-24(11-22)19-35)28-15-26(34(43)37-8-9-39)16-29(32(28)42)45-33-27(36)13-25(20-40)14-30(33)44-2/h3,13-14,16,22-24,28-29,32,39-40,42H,1,4-12,15,17-21H2,2H3,(H,37,43)/t22?,23?,24?,28-,29+,32+,35?/m1/s1. The van der Waals surface area contributed by atoms with Gasteiger partial charge >= 0.3 is 0 Å². The van der Waals surface area contributed by atoms with Crippen molar-refractivity contribution in [1.29, 1.82) is 0 Å². The third kappa shape index (κ3) is 7.88. The van der Waals surface area contributed by atoms with E-state index in [1.54, 1.807) is 18.2 Å². The van der Waals surface area contributed by atoms with Crippen LogP contribution in [0.3, 0.4) is 0 Å². The van der Waals surface area contributed by atoms with Crippen LogP contribution in [-0.2, 0) is 16.2 Å². The van der Waals surface area contributed by atoms with Crippen LogP contribution in [0.5, 0.6) is 11.5 Å². The van der Waals surface area contributed by atoms with Crippen molar-refractivity contribution < 1.29 is 34.4 Å². The normalized spacial score (nSPS) is 30.0. The Balaban J connectivity index is 1.48. The van der Waals surface area contributed by atoms with Crippen molar-refractivity contribution in [2.75, 3.05) is 26.8 Å². The van der Waals surface area contributed by atoms with E-state index in [0.29, 0.717) is 56.9 Å². The molecule has 0 heterocycles. The minimum Gasteiger partial charge on any atom is -0.493 e. The van der Waals surface area contributed by atoms with Crippen LogP contribution in [0.1, 0.15) is 76.2 Å². The fourth-order valence-electron chi connectivity index (χ4n) is 8.84. The topological polar surface area (TPSA) is 129 Å². The van der Waals surface area contributed by atoms with E-state index < -0.39 is 18.2 Å². The van der Waals surface area contributed by atoms with Gasteiger partial charge in [-0.25, -0.2) is 0 Å². The van der Waals surface area contributed by atoms with Crippen molar-refractivity contribution in [1.82, 2.24) is 10.2 Å². The highest BCUT2D eigenvalue weighted by Crippen LogP contribution is 2.60. The summed E-state index contributed by atoms with van der Waals surface area (Å²) in [4.78, 5) is 29.4. The molecule has 0 unspecified atom stereocenters. The summed E-state index contributed by atoms with van der Waals surface area (Å²) in [6.45, 7) is 4.14. The Hall–Kier alpha value is -2.15. The number of unbranched alkanes of at least 4 members (excludes halogenated alkanes) is 2. The maximum absolute atomic E-state index is 14.2. The minimum absolute atomic E-state index is 0.00841. The molecular formula is C35H49IN2O7. The van der Waals surface area contributed by atoms with Crippen LogP contribution in [0.2, 0.25) is 0 Å². The third-order valence-electron chi connectivity index (χ3n) is 10.4. The molecule has 10 heteroatoms. The maximum atomic E-state index is 14.2. The Morgan fingerprint density at radius 1 is 1.13 bits per heavy atom. The van der Waals surface area contributed by atoms with Gasteiger partial charge in [-0.1, -0.05) is 6.08 Å². The smallest absolute Gasteiger partial charge is 0.247 e. The maximum Gasteiger partial charge on any atom is 0.247 e. The van der Waals surface area contributed by atoms with Crippen molar-refractivity contribution in [3.63, 3.8) is 0 Å². The fraction of sp³-hybridized carbons (Fsp3) is 0.657. The van der Waals surface area contributed by atoms with Crippen molar-refractivity contribution in [2.24, 2.45) is 23.2 Å². The average molecular weight is 737 g/mol. The first-order valence-corrected chi connectivity index (χ1v) is 17.6. The lowest BCUT2D eigenvalue weighted by molar-refractivity contribution is -0.147. The SMILES string of the molecule is C=CCCCCC(=O)N(CC12CC3CC(CC(C3)C1)C2)[C@@H]1CC(C(=O)NCCO)=C[C@H](Oc2c(I)cc(CO)cc2OC)[C@H]1O. The highest BCUT2D eigenvalue weighted by Gasteiger charge is 2.53. The van der Waals surface area contributed by atoms with Crippen LogP contribution in [-0.4, -0.2) is 77.1 Å². The van der Waals surface area contributed by atoms with Gasteiger partial charge in [-0.3, -0.25) is 9.59 Å². The summed E-state index contributed by atoms with van der Waals surface area (Å²) in [6, 6.07) is 2.82. The first-order chi connectivity index (χ1) is 21.7. The summed E-state index contributed by atoms with van der Waals surface area (Å²) in [5.74, 6) is 2.60. The molecule has 2 amide bonds. The summed E-state index contributed by atoms with van der Waals surface area (Å²) >= 11 is 2.11. The molecule has 5 aliphatic carbocycles. The Labute approximate surface area is 280 Å². The molecule has 0 spiro atoms. The highest BCUT2D eigenvalue weighted by atomic mass is 127. The molecular weight excluding hydrogens is 687 g/mol. The fourth-order valence-corrected chi connectivity index (χ4v) is 9.63. The number of hydrogen-bond donors (Lipinski definition) is 4. The molecule has 45 heavy (non-hydrogen) atoms. The Morgan fingerprint density at radius 3 is 2.42 bits per heavy atom. The second kappa shape index (κ2) is 15.2. The molecule has 0 aromatic heterocycles. The van der Waals surface area contributed by atoms with Crippen LogP contribution in [0.4, 0.5) is 0 Å². The molecule has 4 saturated carbocycles. The summed E-state index contributed by atoms with van der Waals surface area (Å²) in [5, 5.41) is 33.9. The molecule has 4 bridgehead atoms. The zero-order valence-electron chi connectivity index (χ0n) is 26.4. The molecule has 1 aromatic carbocycles. The van der Waals surface area contributed by atoms with Crippen molar-refractivity contribution in [2.45, 2.75) is 95.5 Å². The second-order valence-corrected chi connectivity index (χ2v) is 14.9. The van der Waals surface area contributed by atoms with Crippen LogP contribution in [0.25, 0.3) is 0 Å². The number of rotatable bonds is 15. The lowest BCUT2D eigenvalue weighted by atomic mass is 9.49. The molecule has 5 aliphatic rings. The first-order valence-electron chi connectivity index (χ1n) is 16.5. The number of aliphatic hydroxyl groups excluding tert-OH is 3. The van der Waals surface area contributed by atoms with Gasteiger partial charge in [0.25, 0.3) is 0 Å². The summed E-state index contributed by atoms with van der Waals surface area (Å²) in [7, 11) is 1.52. The molecule has 4 fully saturated rings. The number of benzene rings is 1. The Bertz CT molecular complexity index is 1230. The van der Waals surface area contributed by atoms with E-state index in [0.717, 1.165) is 38.5 Å². The lowest BCUT2D eigenvalue weighted by Gasteiger charge is -2.58. The van der Waals surface area contributed by atoms with Crippen molar-refractivity contribution in [3.8, 4) is 11.5 Å². The number of methoxy groups -OCH3 is 1. The minimum atomic E-state index is -1.09. The number of halogens is 1. The molecule has 1 aromatic rings. The number of ether oxygens (including phenoxy) is 2. The molecule has 248 valence electrons. The summed E-state index contributed by atoms with van der Waals surface area (Å²) in [6.07, 6.45) is 11.7. The van der Waals surface area contributed by atoms with E-state index in [1.165, 1.54) is 26.4 Å². The van der Waals surface area contributed by atoms with Gasteiger partial charge in [0, 0.05) is 31.5 Å². The van der Waals surface area contributed by atoms with Crippen LogP contribution in [0.15, 0.2) is 36.4 Å². The molecule has 0 aliphatic heterocycles. The van der Waals surface area contributed by atoms with Gasteiger partial charge in [-0.2, -0.15) is 0 Å². The number of hydrogen-bond acceptors (Lipinski definition) is 7. The summed E-state index contributed by atoms with van der Waals surface area (Å²) in [5.41, 5.74) is 1.12. The van der Waals surface area contributed by atoms with E-state index in [-0.39, 0.29) is 43.4 Å². The van der Waals surface area contributed by atoms with E-state index in [2.05, 4.69) is 34.5 Å². The van der Waals surface area contributed by atoms with Gasteiger partial charge < -0.3 is 35.0 Å². The molecule has 4 N–H and O–H groups in total. The average Bonchev–Trinajstić information content (AvgIpc) is 3.01. The van der Waals surface area contributed by atoms with Gasteiger partial charge in [0.1, 0.15) is 12.2 Å². The van der Waals surface area contributed by atoms with Gasteiger partial charge in [0.15, 0.2) is 11.5 Å². The molecule has 6 rings (SSSR count). The van der Waals surface area contributed by atoms with E-state index in [1.807, 2.05) is 11.0 Å². The monoisotopic (exact) mass is 736 g/mol. The third-order valence-corrected chi connectivity index (χ3v) is 11.2. The van der Waals surface area contributed by atoms with Crippen molar-refractivity contribution >= 4 is 34.4 Å². The molecule has 0 saturated heterocycles. The van der Waals surface area contributed by atoms with E-state index in [4.69, 9.17) is 9.47 Å². The van der Waals surface area contributed by atoms with Crippen LogP contribution in [0, 0.1) is 26.7 Å². The first kappa shape index (κ1) is 34.2. The highest BCUT2D eigenvalue weighted by molar-refractivity contribution is 14.1. The van der Waals surface area contributed by atoms with Gasteiger partial charge in [0.05, 0.1) is 29.9 Å². The Morgan fingerprint density at radius 2 is 1.82 bits per heavy atom. The number of nitrogens with zero attached hydrogens (tertiary/aromatic N) is 1. The molecule has 3 atom stereocenters. The number of carbonyl (C=O) groups is 2. The van der Waals surface area contributed by atoms with Crippen LogP contribution < -0.4 is 14.8 Å². The summed E-state index contributed by atoms with van der Waals surface area (Å²) < 4.78 is 12.7. The van der Waals surface area contributed by atoms with Crippen LogP contribution >= 0.6 is 22.6 Å². The van der Waals surface area contributed by atoms with Gasteiger partial charge in [0.2, 0.25) is 11.8 Å². The van der Waals surface area contributed by atoms with Crippen molar-refractivity contribution in [3.05, 3.63) is 45.6 Å². The number of carbonyl (C=O) groups excluding carboxylic acids is 2. The Kier molecular flexibility index (Phi) is 11.5. The zero-order chi connectivity index (χ0) is 32.1. The number of allylic oxidation sites excluding steroid dienone is 1. The number of nitrogens with one attached hydrogen (secondary N) is 1. The largest absolute Gasteiger partial charge is 0.493 e. The predicted octanol–water partition coefficient (Wildman–Crippen LogP) is 4.50. The second-order valence-electron chi connectivity index (χ2n) is 13.8. The van der Waals surface area contributed by atoms with E-state index >= 15 is 0 Å². The lowest BCUT2D eigenvalue weighted by Crippen LogP contribution is -2.59. The predicted molar refractivity (Wildman–Crippen MR) is 180 cm³/mol. The quantitative estimate of drug-likeness (QED) is 0.119. The molecule has 0 radical (unpaired) electrons. The van der Waals surface area contributed by atoms with E-state index in [9.17, 15) is 24.9 Å². The number of aliphatic hydroxyl groups is 3. The van der Waals surface area contributed by atoms with Gasteiger partial charge in [-0.05, 0) is 127 Å².